The van der Waals surface area contributed by atoms with Crippen molar-refractivity contribution in [2.75, 3.05) is 6.61 Å². The first-order valence-corrected chi connectivity index (χ1v) is 12.7. The molecule has 7 nitrogen and oxygen atoms in total. The summed E-state index contributed by atoms with van der Waals surface area (Å²) in [5.74, 6) is 0.596. The molecule has 2 aromatic carbocycles. The number of ether oxygens (including phenoxy) is 1. The highest BCUT2D eigenvalue weighted by molar-refractivity contribution is 5.94. The summed E-state index contributed by atoms with van der Waals surface area (Å²) in [6, 6.07) is 17.0. The van der Waals surface area contributed by atoms with Gasteiger partial charge in [0.25, 0.3) is 5.91 Å². The smallest absolute Gasteiger partial charge is 0.251 e. The number of imidazole rings is 1. The molecule has 1 unspecified atom stereocenters. The second kappa shape index (κ2) is 11.6. The average Bonchev–Trinajstić information content (AvgIpc) is 3.30. The van der Waals surface area contributed by atoms with Crippen LogP contribution in [0.4, 0.5) is 0 Å². The Hall–Kier alpha value is -3.68. The number of carbonyl (C=O) groups is 1. The minimum atomic E-state index is -0.602. The van der Waals surface area contributed by atoms with E-state index >= 15 is 0 Å². The predicted molar refractivity (Wildman–Crippen MR) is 145 cm³/mol. The Morgan fingerprint density at radius 1 is 1.11 bits per heavy atom. The second-order valence-corrected chi connectivity index (χ2v) is 9.73. The van der Waals surface area contributed by atoms with Gasteiger partial charge >= 0.3 is 0 Å². The lowest BCUT2D eigenvalue weighted by molar-refractivity contribution is 0.0930. The van der Waals surface area contributed by atoms with Gasteiger partial charge in [0, 0.05) is 41.7 Å². The molecule has 0 fully saturated rings. The summed E-state index contributed by atoms with van der Waals surface area (Å²) in [6.07, 6.45) is 4.38. The first-order chi connectivity index (χ1) is 17.7. The molecule has 2 atom stereocenters. The van der Waals surface area contributed by atoms with Gasteiger partial charge in [0.05, 0.1) is 17.9 Å². The number of hydrogen-bond acceptors (Lipinski definition) is 5. The SMILES string of the molecule is Cc1cc(C(=O)N[C@H](CCO)Cc2ccc(-c3cn4cccc(C(C)O)c4n3)cc2)ccc1OC(C)C. The molecular weight excluding hydrogens is 466 g/mol. The topological polar surface area (TPSA) is 96.1 Å². The quantitative estimate of drug-likeness (QED) is 0.288. The number of nitrogens with one attached hydrogen (secondary N) is 1. The molecule has 7 heteroatoms. The van der Waals surface area contributed by atoms with Crippen molar-refractivity contribution in [3.63, 3.8) is 0 Å². The van der Waals surface area contributed by atoms with E-state index < -0.39 is 6.10 Å². The first kappa shape index (κ1) is 26.4. The molecule has 0 spiro atoms. The third-order valence-electron chi connectivity index (χ3n) is 6.31. The Kier molecular flexibility index (Phi) is 8.26. The zero-order valence-corrected chi connectivity index (χ0v) is 21.8. The van der Waals surface area contributed by atoms with E-state index in [9.17, 15) is 15.0 Å². The highest BCUT2D eigenvalue weighted by Crippen LogP contribution is 2.25. The molecule has 0 saturated carbocycles. The number of hydrogen-bond donors (Lipinski definition) is 3. The molecule has 4 rings (SSSR count). The maximum absolute atomic E-state index is 12.9. The third kappa shape index (κ3) is 6.37. The Morgan fingerprint density at radius 3 is 2.51 bits per heavy atom. The van der Waals surface area contributed by atoms with Gasteiger partial charge in [-0.25, -0.2) is 4.98 Å². The van der Waals surface area contributed by atoms with Gasteiger partial charge in [-0.1, -0.05) is 30.3 Å². The van der Waals surface area contributed by atoms with Crippen molar-refractivity contribution in [3.05, 3.63) is 89.2 Å². The highest BCUT2D eigenvalue weighted by atomic mass is 16.5. The van der Waals surface area contributed by atoms with Crippen LogP contribution in [0.25, 0.3) is 16.9 Å². The molecule has 0 bridgehead atoms. The summed E-state index contributed by atoms with van der Waals surface area (Å²) in [4.78, 5) is 17.7. The summed E-state index contributed by atoms with van der Waals surface area (Å²) >= 11 is 0. The standard InChI is InChI=1S/C30H35N3O4/c1-19(2)37-28-12-11-24(16-20(28)3)30(36)31-25(13-15-34)17-22-7-9-23(10-8-22)27-18-33-14-5-6-26(21(4)35)29(33)32-27/h5-12,14,16,18-19,21,25,34-35H,13,15,17H2,1-4H3,(H,31,36)/t21?,25-/m1/s1. The molecule has 0 aliphatic carbocycles. The van der Waals surface area contributed by atoms with Crippen LogP contribution < -0.4 is 10.1 Å². The predicted octanol–water partition coefficient (Wildman–Crippen LogP) is 4.87. The Labute approximate surface area is 217 Å². The maximum Gasteiger partial charge on any atom is 0.251 e. The number of aromatic nitrogens is 2. The van der Waals surface area contributed by atoms with E-state index in [1.807, 2.05) is 86.1 Å². The first-order valence-electron chi connectivity index (χ1n) is 12.7. The van der Waals surface area contributed by atoms with Gasteiger partial charge in [0.15, 0.2) is 0 Å². The van der Waals surface area contributed by atoms with Crippen LogP contribution in [0.3, 0.4) is 0 Å². The summed E-state index contributed by atoms with van der Waals surface area (Å²) in [6.45, 7) is 7.58. The number of rotatable bonds is 10. The molecule has 4 aromatic rings. The van der Waals surface area contributed by atoms with Crippen molar-refractivity contribution < 1.29 is 19.7 Å². The van der Waals surface area contributed by atoms with Crippen LogP contribution >= 0.6 is 0 Å². The Morgan fingerprint density at radius 2 is 1.86 bits per heavy atom. The van der Waals surface area contributed by atoms with Crippen LogP contribution in [0, 0.1) is 6.92 Å². The molecule has 0 aliphatic rings. The van der Waals surface area contributed by atoms with Crippen LogP contribution in [0.2, 0.25) is 0 Å². The van der Waals surface area contributed by atoms with Gasteiger partial charge in [0.1, 0.15) is 11.4 Å². The fourth-order valence-electron chi connectivity index (χ4n) is 4.42. The van der Waals surface area contributed by atoms with Gasteiger partial charge in [0.2, 0.25) is 0 Å². The number of pyridine rings is 1. The number of aryl methyl sites for hydroxylation is 1. The molecular formula is C30H35N3O4. The molecule has 2 aromatic heterocycles. The van der Waals surface area contributed by atoms with Crippen molar-refractivity contribution in [3.8, 4) is 17.0 Å². The maximum atomic E-state index is 12.9. The van der Waals surface area contributed by atoms with Gasteiger partial charge in [-0.05, 0) is 75.9 Å². The van der Waals surface area contributed by atoms with Crippen LogP contribution in [-0.4, -0.2) is 44.3 Å². The van der Waals surface area contributed by atoms with Gasteiger partial charge in [-0.15, -0.1) is 0 Å². The average molecular weight is 502 g/mol. The van der Waals surface area contributed by atoms with E-state index in [1.54, 1.807) is 13.0 Å². The summed E-state index contributed by atoms with van der Waals surface area (Å²) < 4.78 is 7.69. The van der Waals surface area contributed by atoms with Gasteiger partial charge in [-0.3, -0.25) is 4.79 Å². The monoisotopic (exact) mass is 501 g/mol. The van der Waals surface area contributed by atoms with E-state index in [0.717, 1.165) is 39.3 Å². The molecule has 1 amide bonds. The van der Waals surface area contributed by atoms with E-state index in [2.05, 4.69) is 5.32 Å². The van der Waals surface area contributed by atoms with E-state index in [1.165, 1.54) is 0 Å². The van der Waals surface area contributed by atoms with Crippen LogP contribution in [0.5, 0.6) is 5.75 Å². The molecule has 194 valence electrons. The van der Waals surface area contributed by atoms with E-state index in [4.69, 9.17) is 9.72 Å². The lowest BCUT2D eigenvalue weighted by Gasteiger charge is -2.19. The zero-order valence-electron chi connectivity index (χ0n) is 21.8. The van der Waals surface area contributed by atoms with Crippen LogP contribution in [0.15, 0.2) is 67.0 Å². The highest BCUT2D eigenvalue weighted by Gasteiger charge is 2.16. The van der Waals surface area contributed by atoms with Crippen molar-refractivity contribution in [1.29, 1.82) is 0 Å². The second-order valence-electron chi connectivity index (χ2n) is 9.73. The van der Waals surface area contributed by atoms with E-state index in [0.29, 0.717) is 18.4 Å². The van der Waals surface area contributed by atoms with Crippen molar-refractivity contribution >= 4 is 11.6 Å². The fraction of sp³-hybridized carbons (Fsp3) is 0.333. The summed E-state index contributed by atoms with van der Waals surface area (Å²) in [7, 11) is 0. The Balaban J connectivity index is 1.46. The third-order valence-corrected chi connectivity index (χ3v) is 6.31. The largest absolute Gasteiger partial charge is 0.491 e. The summed E-state index contributed by atoms with van der Waals surface area (Å²) in [5.41, 5.74) is 5.82. The number of amides is 1. The molecule has 3 N–H and O–H groups in total. The van der Waals surface area contributed by atoms with Gasteiger partial charge < -0.3 is 24.7 Å². The number of aliphatic hydroxyl groups is 2. The molecule has 37 heavy (non-hydrogen) atoms. The molecule has 0 radical (unpaired) electrons. The van der Waals surface area contributed by atoms with Gasteiger partial charge in [-0.2, -0.15) is 0 Å². The minimum absolute atomic E-state index is 0.0178. The number of nitrogens with zero attached hydrogens (tertiary/aromatic N) is 2. The fourth-order valence-corrected chi connectivity index (χ4v) is 4.42. The number of carbonyl (C=O) groups excluding carboxylic acids is 1. The lowest BCUT2D eigenvalue weighted by atomic mass is 10.0. The molecule has 2 heterocycles. The van der Waals surface area contributed by atoms with Crippen LogP contribution in [0.1, 0.15) is 60.3 Å². The number of benzene rings is 2. The summed E-state index contributed by atoms with van der Waals surface area (Å²) in [5, 5.41) is 22.7. The normalized spacial score (nSPS) is 13.1. The van der Waals surface area contributed by atoms with Crippen molar-refractivity contribution in [1.82, 2.24) is 14.7 Å². The zero-order chi connectivity index (χ0) is 26.5. The number of aliphatic hydroxyl groups excluding tert-OH is 2. The molecule has 0 saturated heterocycles. The van der Waals surface area contributed by atoms with Crippen molar-refractivity contribution in [2.24, 2.45) is 0 Å². The minimum Gasteiger partial charge on any atom is -0.491 e. The lowest BCUT2D eigenvalue weighted by Crippen LogP contribution is -2.37. The van der Waals surface area contributed by atoms with E-state index in [-0.39, 0.29) is 24.7 Å². The number of fused-ring (bicyclic) bond motifs is 1. The van der Waals surface area contributed by atoms with Crippen LogP contribution in [-0.2, 0) is 6.42 Å². The molecule has 0 aliphatic heterocycles. The Bertz CT molecular complexity index is 1360. The van der Waals surface area contributed by atoms with Crippen molar-refractivity contribution in [2.45, 2.75) is 58.8 Å².